The zero-order valence-electron chi connectivity index (χ0n) is 14.9. The summed E-state index contributed by atoms with van der Waals surface area (Å²) in [7, 11) is 0. The van der Waals surface area contributed by atoms with E-state index in [0.29, 0.717) is 24.5 Å². The smallest absolute Gasteiger partial charge is 0.337 e. The molecular weight excluding hydrogens is 345 g/mol. The number of hydrogen-bond donors (Lipinski definition) is 1. The molecule has 0 aliphatic heterocycles. The van der Waals surface area contributed by atoms with E-state index in [-0.39, 0.29) is 5.89 Å². The molecule has 1 aliphatic rings. The van der Waals surface area contributed by atoms with Crippen molar-refractivity contribution in [3.63, 3.8) is 0 Å². The Kier molecular flexibility index (Phi) is 5.07. The molecule has 0 amide bonds. The van der Waals surface area contributed by atoms with Crippen LogP contribution in [-0.2, 0) is 11.7 Å². The van der Waals surface area contributed by atoms with E-state index in [2.05, 4.69) is 10.1 Å². The highest BCUT2D eigenvalue weighted by atomic mass is 19.4. The normalized spacial score (nSPS) is 18.0. The van der Waals surface area contributed by atoms with Crippen molar-refractivity contribution in [2.24, 2.45) is 5.73 Å². The molecule has 1 atom stereocenters. The Morgan fingerprint density at radius 3 is 2.50 bits per heavy atom. The molecule has 1 aliphatic carbocycles. The summed E-state index contributed by atoms with van der Waals surface area (Å²) < 4.78 is 44.8. The van der Waals surface area contributed by atoms with Crippen molar-refractivity contribution in [2.45, 2.75) is 50.9 Å². The molecule has 0 radical (unpaired) electrons. The number of aromatic nitrogens is 2. The molecule has 2 N–H and O–H groups in total. The van der Waals surface area contributed by atoms with Crippen LogP contribution in [0.25, 0.3) is 0 Å². The zero-order valence-corrected chi connectivity index (χ0v) is 14.9. The minimum Gasteiger partial charge on any atom is -0.337 e. The van der Waals surface area contributed by atoms with Gasteiger partial charge in [-0.1, -0.05) is 31.1 Å². The summed E-state index contributed by atoms with van der Waals surface area (Å²) in [6, 6.07) is 4.73. The average Bonchev–Trinajstić information content (AvgIpc) is 3.06. The largest absolute Gasteiger partial charge is 0.416 e. The van der Waals surface area contributed by atoms with Crippen molar-refractivity contribution in [3.8, 4) is 0 Å². The van der Waals surface area contributed by atoms with Crippen molar-refractivity contribution in [2.75, 3.05) is 13.1 Å². The molecule has 1 saturated carbocycles. The predicted molar refractivity (Wildman–Crippen MR) is 90.2 cm³/mol. The van der Waals surface area contributed by atoms with E-state index >= 15 is 0 Å². The number of halogens is 3. The van der Waals surface area contributed by atoms with Gasteiger partial charge in [0.25, 0.3) is 0 Å². The molecule has 0 spiro atoms. The second kappa shape index (κ2) is 7.00. The average molecular weight is 368 g/mol. The van der Waals surface area contributed by atoms with Crippen LogP contribution in [0.2, 0.25) is 0 Å². The van der Waals surface area contributed by atoms with Crippen LogP contribution in [-0.4, -0.2) is 28.1 Å². The van der Waals surface area contributed by atoms with Crippen molar-refractivity contribution < 1.29 is 17.7 Å². The SMILES string of the molecule is CCN(CC)C(c1cccc(C(F)(F)F)c1)c1nc(C2(N)CCC2)no1. The second-order valence-corrected chi connectivity index (χ2v) is 6.71. The first-order chi connectivity index (χ1) is 12.3. The van der Waals surface area contributed by atoms with E-state index in [1.165, 1.54) is 6.07 Å². The van der Waals surface area contributed by atoms with Crippen LogP contribution in [0.15, 0.2) is 28.8 Å². The summed E-state index contributed by atoms with van der Waals surface area (Å²) in [6.07, 6.45) is -1.83. The fourth-order valence-electron chi connectivity index (χ4n) is 3.31. The summed E-state index contributed by atoms with van der Waals surface area (Å²) >= 11 is 0. The first-order valence-corrected chi connectivity index (χ1v) is 8.82. The van der Waals surface area contributed by atoms with Crippen molar-refractivity contribution >= 4 is 0 Å². The number of alkyl halides is 3. The zero-order chi connectivity index (χ0) is 18.9. The first-order valence-electron chi connectivity index (χ1n) is 8.82. The molecule has 142 valence electrons. The van der Waals surface area contributed by atoms with Crippen molar-refractivity contribution in [1.29, 1.82) is 0 Å². The van der Waals surface area contributed by atoms with E-state index in [1.54, 1.807) is 6.07 Å². The van der Waals surface area contributed by atoms with Gasteiger partial charge >= 0.3 is 6.18 Å². The Bertz CT molecular complexity index is 751. The molecule has 5 nitrogen and oxygen atoms in total. The van der Waals surface area contributed by atoms with Crippen LogP contribution in [0.1, 0.15) is 62.0 Å². The predicted octanol–water partition coefficient (Wildman–Crippen LogP) is 3.86. The lowest BCUT2D eigenvalue weighted by atomic mass is 9.77. The van der Waals surface area contributed by atoms with E-state index in [1.807, 2.05) is 18.7 Å². The first kappa shape index (κ1) is 18.8. The third kappa shape index (κ3) is 3.48. The number of hydrogen-bond acceptors (Lipinski definition) is 5. The molecule has 1 unspecified atom stereocenters. The Labute approximate surface area is 150 Å². The van der Waals surface area contributed by atoms with Gasteiger partial charge in [0.05, 0.1) is 11.1 Å². The van der Waals surface area contributed by atoms with Gasteiger partial charge in [-0.05, 0) is 50.0 Å². The van der Waals surface area contributed by atoms with Gasteiger partial charge in [0.15, 0.2) is 5.82 Å². The Morgan fingerprint density at radius 2 is 1.96 bits per heavy atom. The minimum atomic E-state index is -4.41. The maximum absolute atomic E-state index is 13.1. The van der Waals surface area contributed by atoms with E-state index in [0.717, 1.165) is 31.4 Å². The molecule has 1 heterocycles. The third-order valence-corrected chi connectivity index (χ3v) is 5.07. The number of rotatable bonds is 6. The summed E-state index contributed by atoms with van der Waals surface area (Å²) in [5.41, 5.74) is 5.45. The fraction of sp³-hybridized carbons (Fsp3) is 0.556. The molecule has 1 aromatic heterocycles. The topological polar surface area (TPSA) is 68.2 Å². The van der Waals surface area contributed by atoms with E-state index in [9.17, 15) is 13.2 Å². The molecule has 26 heavy (non-hydrogen) atoms. The molecule has 8 heteroatoms. The quantitative estimate of drug-likeness (QED) is 0.839. The van der Waals surface area contributed by atoms with Crippen LogP contribution in [0.5, 0.6) is 0 Å². The number of nitrogens with zero attached hydrogens (tertiary/aromatic N) is 3. The van der Waals surface area contributed by atoms with Gasteiger partial charge in [-0.3, -0.25) is 4.90 Å². The van der Waals surface area contributed by atoms with Crippen LogP contribution >= 0.6 is 0 Å². The maximum atomic E-state index is 13.1. The van der Waals surface area contributed by atoms with E-state index < -0.39 is 23.3 Å². The van der Waals surface area contributed by atoms with Gasteiger partial charge in [-0.15, -0.1) is 0 Å². The molecule has 1 aromatic carbocycles. The minimum absolute atomic E-state index is 0.278. The third-order valence-electron chi connectivity index (χ3n) is 5.07. The van der Waals surface area contributed by atoms with Gasteiger partial charge in [0.1, 0.15) is 6.04 Å². The monoisotopic (exact) mass is 368 g/mol. The lowest BCUT2D eigenvalue weighted by Gasteiger charge is -2.34. The van der Waals surface area contributed by atoms with Crippen molar-refractivity contribution in [3.05, 3.63) is 47.1 Å². The van der Waals surface area contributed by atoms with Gasteiger partial charge in [-0.2, -0.15) is 18.2 Å². The summed E-state index contributed by atoms with van der Waals surface area (Å²) in [5, 5.41) is 4.02. The molecule has 0 saturated heterocycles. The van der Waals surface area contributed by atoms with Crippen LogP contribution in [0.4, 0.5) is 13.2 Å². The van der Waals surface area contributed by atoms with Crippen LogP contribution in [0, 0.1) is 0 Å². The fourth-order valence-corrected chi connectivity index (χ4v) is 3.31. The maximum Gasteiger partial charge on any atom is 0.416 e. The summed E-state index contributed by atoms with van der Waals surface area (Å²) in [5.74, 6) is 0.711. The molecule has 1 fully saturated rings. The van der Waals surface area contributed by atoms with Gasteiger partial charge in [-0.25, -0.2) is 0 Å². The molecular formula is C18H23F3N4O. The van der Waals surface area contributed by atoms with Gasteiger partial charge in [0, 0.05) is 0 Å². The Hall–Kier alpha value is -1.93. The Balaban J connectivity index is 2.01. The lowest BCUT2D eigenvalue weighted by Crippen LogP contribution is -2.44. The van der Waals surface area contributed by atoms with Gasteiger partial charge in [0.2, 0.25) is 5.89 Å². The van der Waals surface area contributed by atoms with Crippen LogP contribution in [0.3, 0.4) is 0 Å². The molecule has 2 aromatic rings. The Morgan fingerprint density at radius 1 is 1.27 bits per heavy atom. The lowest BCUT2D eigenvalue weighted by molar-refractivity contribution is -0.137. The highest BCUT2D eigenvalue weighted by Crippen LogP contribution is 2.39. The number of nitrogens with two attached hydrogens (primary N) is 1. The van der Waals surface area contributed by atoms with Gasteiger partial charge < -0.3 is 10.3 Å². The molecule has 0 bridgehead atoms. The highest BCUT2D eigenvalue weighted by molar-refractivity contribution is 5.31. The standard InChI is InChI=1S/C18H23F3N4O/c1-3-25(4-2)14(12-7-5-8-13(11-12)18(19,20)21)15-23-16(24-26-15)17(22)9-6-10-17/h5,7-8,11,14H,3-4,6,9-10,22H2,1-2H3. The second-order valence-electron chi connectivity index (χ2n) is 6.71. The number of benzene rings is 1. The van der Waals surface area contributed by atoms with Crippen LogP contribution < -0.4 is 5.73 Å². The molecule has 3 rings (SSSR count). The van der Waals surface area contributed by atoms with Crippen molar-refractivity contribution in [1.82, 2.24) is 15.0 Å². The highest BCUT2D eigenvalue weighted by Gasteiger charge is 2.40. The summed E-state index contributed by atoms with van der Waals surface area (Å²) in [4.78, 5) is 6.45. The summed E-state index contributed by atoms with van der Waals surface area (Å²) in [6.45, 7) is 5.14. The van der Waals surface area contributed by atoms with E-state index in [4.69, 9.17) is 10.3 Å².